The van der Waals surface area contributed by atoms with Crippen molar-refractivity contribution in [3.63, 3.8) is 0 Å². The van der Waals surface area contributed by atoms with Crippen LogP contribution < -0.4 is 10.2 Å². The Balaban J connectivity index is 0.00000171. The van der Waals surface area contributed by atoms with Crippen LogP contribution in [0.4, 0.5) is 5.82 Å². The maximum atomic E-state index is 12.2. The third-order valence-corrected chi connectivity index (χ3v) is 5.56. The van der Waals surface area contributed by atoms with Gasteiger partial charge in [-0.05, 0) is 24.3 Å². The lowest BCUT2D eigenvalue weighted by Crippen LogP contribution is -2.57. The van der Waals surface area contributed by atoms with Gasteiger partial charge in [-0.3, -0.25) is 9.69 Å². The molecule has 0 aromatic carbocycles. The van der Waals surface area contributed by atoms with Crippen molar-refractivity contribution in [2.75, 3.05) is 44.2 Å². The second kappa shape index (κ2) is 11.7. The van der Waals surface area contributed by atoms with Gasteiger partial charge in [0.2, 0.25) is 0 Å². The van der Waals surface area contributed by atoms with Gasteiger partial charge in [-0.25, -0.2) is 4.98 Å². The minimum atomic E-state index is -0.827. The van der Waals surface area contributed by atoms with E-state index < -0.39 is 18.3 Å². The first-order valence-corrected chi connectivity index (χ1v) is 9.83. The predicted molar refractivity (Wildman–Crippen MR) is 119 cm³/mol. The molecule has 0 aliphatic carbocycles. The zero-order valence-corrected chi connectivity index (χ0v) is 18.5. The second-order valence-corrected chi connectivity index (χ2v) is 7.28. The molecule has 1 amide bonds. The van der Waals surface area contributed by atoms with Crippen molar-refractivity contribution in [1.82, 2.24) is 15.2 Å². The van der Waals surface area contributed by atoms with Crippen LogP contribution in [0.3, 0.4) is 0 Å². The van der Waals surface area contributed by atoms with Gasteiger partial charge < -0.3 is 29.6 Å². The molecule has 0 spiro atoms. The van der Waals surface area contributed by atoms with Crippen LogP contribution in [-0.2, 0) is 4.74 Å². The third-order valence-electron chi connectivity index (χ3n) is 5.56. The maximum absolute atomic E-state index is 12.2. The zero-order valence-electron chi connectivity index (χ0n) is 16.9. The minimum absolute atomic E-state index is 0. The van der Waals surface area contributed by atoms with Crippen molar-refractivity contribution in [3.8, 4) is 0 Å². The summed E-state index contributed by atoms with van der Waals surface area (Å²) in [6.45, 7) is 2.95. The number of carbonyl (C=O) groups is 1. The van der Waals surface area contributed by atoms with Crippen molar-refractivity contribution >= 4 is 36.5 Å². The number of nitrogens with zero attached hydrogens (tertiary/aromatic N) is 3. The lowest BCUT2D eigenvalue weighted by molar-refractivity contribution is -0.0209. The Morgan fingerprint density at radius 2 is 1.90 bits per heavy atom. The van der Waals surface area contributed by atoms with Gasteiger partial charge in [-0.2, -0.15) is 0 Å². The van der Waals surface area contributed by atoms with Crippen LogP contribution in [0.25, 0.3) is 0 Å². The Hall–Kier alpha value is -1.88. The summed E-state index contributed by atoms with van der Waals surface area (Å²) in [6, 6.07) is 8.77. The van der Waals surface area contributed by atoms with E-state index in [0.717, 1.165) is 32.0 Å². The molecule has 0 radical (unpaired) electrons. The summed E-state index contributed by atoms with van der Waals surface area (Å²) in [5.41, 5.74) is 0. The molecule has 0 unspecified atom stereocenters. The number of hydrogen-bond acceptors (Lipinski definition) is 8. The summed E-state index contributed by atoms with van der Waals surface area (Å²) in [4.78, 5) is 21.0. The standard InChI is InChI=1S/C20H26N4O5.2ClH/c25-13-16-19(26)18(15(29-16)12-22-20(27)14-4-3-11-28-14)24-9-7-23(8-10-24)17-5-1-2-6-21-17;;/h1-6,11,15-16,18-19,25-26H,7-10,12-13H2,(H,22,27);2*1H/t15-,16+,18+,19-;;/m1../s1. The molecule has 2 aromatic heterocycles. The molecule has 0 saturated carbocycles. The molecule has 3 N–H and O–H groups in total. The van der Waals surface area contributed by atoms with Crippen LogP contribution in [0.5, 0.6) is 0 Å². The number of piperazine rings is 1. The van der Waals surface area contributed by atoms with Crippen LogP contribution in [0, 0.1) is 0 Å². The number of halogens is 2. The van der Waals surface area contributed by atoms with E-state index in [1.54, 1.807) is 18.3 Å². The molecular formula is C20H28Cl2N4O5. The molecule has 2 aliphatic rings. The molecule has 4 atom stereocenters. The van der Waals surface area contributed by atoms with Gasteiger partial charge in [-0.15, -0.1) is 24.8 Å². The van der Waals surface area contributed by atoms with Crippen molar-refractivity contribution in [1.29, 1.82) is 0 Å². The van der Waals surface area contributed by atoms with Gasteiger partial charge in [-0.1, -0.05) is 6.07 Å². The number of carbonyl (C=O) groups excluding carboxylic acids is 1. The van der Waals surface area contributed by atoms with E-state index in [4.69, 9.17) is 9.15 Å². The SMILES string of the molecule is Cl.Cl.O=C(NC[C@H]1O[C@@H](CO)[C@@H](O)[C@H]1N1CCN(c2ccccn2)CC1)c1ccco1. The third kappa shape index (κ3) is 5.68. The fourth-order valence-corrected chi connectivity index (χ4v) is 4.07. The van der Waals surface area contributed by atoms with E-state index in [9.17, 15) is 15.0 Å². The molecule has 2 aliphatic heterocycles. The quantitative estimate of drug-likeness (QED) is 0.556. The average Bonchev–Trinajstić information content (AvgIpc) is 3.41. The second-order valence-electron chi connectivity index (χ2n) is 7.28. The van der Waals surface area contributed by atoms with Crippen molar-refractivity contribution in [2.45, 2.75) is 24.4 Å². The van der Waals surface area contributed by atoms with Crippen molar-refractivity contribution in [3.05, 3.63) is 48.6 Å². The van der Waals surface area contributed by atoms with Crippen LogP contribution in [-0.4, -0.2) is 89.7 Å². The number of amides is 1. The van der Waals surface area contributed by atoms with Crippen molar-refractivity contribution < 1.29 is 24.2 Å². The lowest BCUT2D eigenvalue weighted by Gasteiger charge is -2.40. The maximum Gasteiger partial charge on any atom is 0.287 e. The van der Waals surface area contributed by atoms with Gasteiger partial charge >= 0.3 is 0 Å². The zero-order chi connectivity index (χ0) is 20.2. The van der Waals surface area contributed by atoms with Gasteiger partial charge in [0.15, 0.2) is 5.76 Å². The number of anilines is 1. The number of aromatic nitrogens is 1. The average molecular weight is 475 g/mol. The van der Waals surface area contributed by atoms with E-state index in [1.807, 2.05) is 18.2 Å². The van der Waals surface area contributed by atoms with Crippen molar-refractivity contribution in [2.24, 2.45) is 0 Å². The largest absolute Gasteiger partial charge is 0.459 e. The van der Waals surface area contributed by atoms with Crippen LogP contribution in [0.1, 0.15) is 10.6 Å². The molecule has 2 aromatic rings. The highest BCUT2D eigenvalue weighted by atomic mass is 35.5. The monoisotopic (exact) mass is 474 g/mol. The molecule has 0 bridgehead atoms. The number of aliphatic hydroxyl groups is 2. The number of rotatable bonds is 6. The van der Waals surface area contributed by atoms with Crippen LogP contribution >= 0.6 is 24.8 Å². The molecule has 4 heterocycles. The minimum Gasteiger partial charge on any atom is -0.459 e. The van der Waals surface area contributed by atoms with E-state index >= 15 is 0 Å². The Morgan fingerprint density at radius 3 is 2.52 bits per heavy atom. The fraction of sp³-hybridized carbons (Fsp3) is 0.500. The highest BCUT2D eigenvalue weighted by Gasteiger charge is 2.46. The van der Waals surface area contributed by atoms with Gasteiger partial charge in [0.25, 0.3) is 5.91 Å². The van der Waals surface area contributed by atoms with Gasteiger partial charge in [0, 0.05) is 38.9 Å². The molecule has 9 nitrogen and oxygen atoms in total. The van der Waals surface area contributed by atoms with E-state index in [0.29, 0.717) is 0 Å². The molecule has 2 fully saturated rings. The Labute approximate surface area is 193 Å². The summed E-state index contributed by atoms with van der Waals surface area (Å²) in [7, 11) is 0. The molecule has 172 valence electrons. The molecule has 2 saturated heterocycles. The predicted octanol–water partition coefficient (Wildman–Crippen LogP) is 0.559. The highest BCUT2D eigenvalue weighted by molar-refractivity contribution is 5.91. The van der Waals surface area contributed by atoms with E-state index in [1.165, 1.54) is 6.26 Å². The first-order chi connectivity index (χ1) is 14.2. The summed E-state index contributed by atoms with van der Waals surface area (Å²) >= 11 is 0. The first kappa shape index (κ1) is 25.4. The number of ether oxygens (including phenoxy) is 1. The Morgan fingerprint density at radius 1 is 1.13 bits per heavy atom. The van der Waals surface area contributed by atoms with Gasteiger partial charge in [0.05, 0.1) is 25.0 Å². The highest BCUT2D eigenvalue weighted by Crippen LogP contribution is 2.27. The van der Waals surface area contributed by atoms with Crippen LogP contribution in [0.2, 0.25) is 0 Å². The normalized spacial score (nSPS) is 26.1. The van der Waals surface area contributed by atoms with Gasteiger partial charge in [0.1, 0.15) is 18.0 Å². The lowest BCUT2D eigenvalue weighted by atomic mass is 10.0. The summed E-state index contributed by atoms with van der Waals surface area (Å²) in [5.74, 6) is 0.827. The first-order valence-electron chi connectivity index (χ1n) is 9.83. The number of nitrogens with one attached hydrogen (secondary N) is 1. The topological polar surface area (TPSA) is 111 Å². The summed E-state index contributed by atoms with van der Waals surface area (Å²) < 4.78 is 11.0. The molecular weight excluding hydrogens is 447 g/mol. The molecule has 11 heteroatoms. The number of aliphatic hydroxyl groups excluding tert-OH is 2. The number of pyridine rings is 1. The number of furan rings is 1. The Kier molecular flexibility index (Phi) is 9.54. The summed E-state index contributed by atoms with van der Waals surface area (Å²) in [5, 5.41) is 23.1. The molecule has 4 rings (SSSR count). The van der Waals surface area contributed by atoms with E-state index in [-0.39, 0.29) is 55.7 Å². The fourth-order valence-electron chi connectivity index (χ4n) is 4.07. The Bertz CT molecular complexity index is 790. The summed E-state index contributed by atoms with van der Waals surface area (Å²) in [6.07, 6.45) is 1.30. The smallest absolute Gasteiger partial charge is 0.287 e. The number of hydrogen-bond donors (Lipinski definition) is 3. The van der Waals surface area contributed by atoms with Crippen LogP contribution in [0.15, 0.2) is 47.2 Å². The van der Waals surface area contributed by atoms with E-state index in [2.05, 4.69) is 20.1 Å². The molecule has 31 heavy (non-hydrogen) atoms.